The Labute approximate surface area is 125 Å². The Hall–Kier alpha value is -0.420. The number of hydrogen-bond acceptors (Lipinski definition) is 3. The van der Waals surface area contributed by atoms with Gasteiger partial charge in [-0.1, -0.05) is 24.6 Å². The smallest absolute Gasteiger partial charge is 0.0943 e. The number of nitrogens with one attached hydrogen (secondary N) is 1. The van der Waals surface area contributed by atoms with E-state index in [1.807, 2.05) is 23.7 Å². The fraction of sp³-hybridized carbons (Fsp3) is 0.308. The van der Waals surface area contributed by atoms with Crippen molar-refractivity contribution in [3.8, 4) is 0 Å². The Kier molecular flexibility index (Phi) is 5.18. The lowest BCUT2D eigenvalue weighted by Crippen LogP contribution is -2.22. The standard InChI is InChI=1S/C13H14BrClN2S/c1-2-16-12(8-13-17-5-6-18-13)9-3-4-10(14)11(15)7-9/h3-7,12,16H,2,8H2,1H3. The second kappa shape index (κ2) is 6.66. The van der Waals surface area contributed by atoms with Gasteiger partial charge in [-0.2, -0.15) is 0 Å². The number of thiazole rings is 1. The third-order valence-electron chi connectivity index (χ3n) is 2.66. The molecule has 0 saturated carbocycles. The maximum atomic E-state index is 6.15. The second-order valence-corrected chi connectivity index (χ2v) is 6.15. The van der Waals surface area contributed by atoms with Crippen molar-refractivity contribution < 1.29 is 0 Å². The molecule has 0 spiro atoms. The van der Waals surface area contributed by atoms with Gasteiger partial charge >= 0.3 is 0 Å². The Morgan fingerprint density at radius 2 is 2.33 bits per heavy atom. The molecule has 0 aliphatic heterocycles. The Morgan fingerprint density at radius 3 is 2.94 bits per heavy atom. The van der Waals surface area contributed by atoms with E-state index in [9.17, 15) is 0 Å². The molecule has 2 rings (SSSR count). The number of likely N-dealkylation sites (N-methyl/N-ethyl adjacent to an activating group) is 1. The quantitative estimate of drug-likeness (QED) is 0.866. The largest absolute Gasteiger partial charge is 0.310 e. The maximum Gasteiger partial charge on any atom is 0.0943 e. The molecule has 0 amide bonds. The molecule has 0 bridgehead atoms. The van der Waals surface area contributed by atoms with Gasteiger partial charge in [0.05, 0.1) is 10.0 Å². The summed E-state index contributed by atoms with van der Waals surface area (Å²) in [6.45, 7) is 3.03. The first-order valence-electron chi connectivity index (χ1n) is 5.77. The maximum absolute atomic E-state index is 6.15. The molecule has 0 fully saturated rings. The molecule has 18 heavy (non-hydrogen) atoms. The first-order valence-corrected chi connectivity index (χ1v) is 7.82. The summed E-state index contributed by atoms with van der Waals surface area (Å²) >= 11 is 11.3. The minimum atomic E-state index is 0.256. The van der Waals surface area contributed by atoms with Gasteiger partial charge in [0.1, 0.15) is 0 Å². The average molecular weight is 346 g/mol. The Balaban J connectivity index is 2.20. The van der Waals surface area contributed by atoms with Gasteiger partial charge in [0, 0.05) is 28.5 Å². The van der Waals surface area contributed by atoms with Crippen LogP contribution in [0.5, 0.6) is 0 Å². The lowest BCUT2D eigenvalue weighted by molar-refractivity contribution is 0.548. The molecule has 1 aromatic heterocycles. The molecule has 0 saturated heterocycles. The number of rotatable bonds is 5. The van der Waals surface area contributed by atoms with Crippen molar-refractivity contribution in [3.05, 3.63) is 49.8 Å². The van der Waals surface area contributed by atoms with Crippen molar-refractivity contribution in [1.82, 2.24) is 10.3 Å². The first-order chi connectivity index (χ1) is 8.70. The topological polar surface area (TPSA) is 24.9 Å². The molecule has 5 heteroatoms. The van der Waals surface area contributed by atoms with E-state index in [-0.39, 0.29) is 6.04 Å². The molecule has 0 aliphatic rings. The van der Waals surface area contributed by atoms with E-state index in [2.05, 4.69) is 39.2 Å². The van der Waals surface area contributed by atoms with Crippen LogP contribution in [0.3, 0.4) is 0 Å². The van der Waals surface area contributed by atoms with E-state index in [0.29, 0.717) is 0 Å². The van der Waals surface area contributed by atoms with Crippen LogP contribution in [0.25, 0.3) is 0 Å². The molecule has 1 unspecified atom stereocenters. The predicted molar refractivity (Wildman–Crippen MR) is 81.4 cm³/mol. The average Bonchev–Trinajstić information content (AvgIpc) is 2.85. The van der Waals surface area contributed by atoms with E-state index in [0.717, 1.165) is 27.5 Å². The van der Waals surface area contributed by atoms with Crippen LogP contribution in [0.1, 0.15) is 23.5 Å². The van der Waals surface area contributed by atoms with E-state index < -0.39 is 0 Å². The fourth-order valence-electron chi connectivity index (χ4n) is 1.81. The Bertz CT molecular complexity index is 502. The molecule has 1 heterocycles. The molecule has 0 aliphatic carbocycles. The highest BCUT2D eigenvalue weighted by atomic mass is 79.9. The molecule has 1 N–H and O–H groups in total. The molecule has 0 radical (unpaired) electrons. The van der Waals surface area contributed by atoms with E-state index in [1.165, 1.54) is 5.56 Å². The summed E-state index contributed by atoms with van der Waals surface area (Å²) in [5.41, 5.74) is 1.19. The van der Waals surface area contributed by atoms with Crippen LogP contribution in [-0.2, 0) is 6.42 Å². The van der Waals surface area contributed by atoms with Gasteiger partial charge < -0.3 is 5.32 Å². The van der Waals surface area contributed by atoms with Crippen molar-refractivity contribution in [2.75, 3.05) is 6.54 Å². The molecular formula is C13H14BrClN2S. The monoisotopic (exact) mass is 344 g/mol. The molecule has 1 aromatic carbocycles. The summed E-state index contributed by atoms with van der Waals surface area (Å²) < 4.78 is 0.928. The van der Waals surface area contributed by atoms with E-state index >= 15 is 0 Å². The highest BCUT2D eigenvalue weighted by Gasteiger charge is 2.13. The molecular weight excluding hydrogens is 332 g/mol. The van der Waals surface area contributed by atoms with Crippen LogP contribution >= 0.6 is 38.9 Å². The van der Waals surface area contributed by atoms with Gasteiger partial charge in [-0.3, -0.25) is 0 Å². The van der Waals surface area contributed by atoms with Crippen molar-refractivity contribution in [3.63, 3.8) is 0 Å². The SMILES string of the molecule is CCNC(Cc1nccs1)c1ccc(Br)c(Cl)c1. The van der Waals surface area contributed by atoms with Crippen LogP contribution < -0.4 is 5.32 Å². The van der Waals surface area contributed by atoms with Crippen molar-refractivity contribution in [2.24, 2.45) is 0 Å². The van der Waals surface area contributed by atoms with Crippen LogP contribution in [-0.4, -0.2) is 11.5 Å². The molecule has 2 aromatic rings. The number of nitrogens with zero attached hydrogens (tertiary/aromatic N) is 1. The molecule has 2 nitrogen and oxygen atoms in total. The molecule has 1 atom stereocenters. The van der Waals surface area contributed by atoms with Gasteiger partial charge in [0.2, 0.25) is 0 Å². The third-order valence-corrected chi connectivity index (χ3v) is 4.69. The summed E-state index contributed by atoms with van der Waals surface area (Å²) in [6, 6.07) is 6.35. The highest BCUT2D eigenvalue weighted by molar-refractivity contribution is 9.10. The van der Waals surface area contributed by atoms with Crippen molar-refractivity contribution in [2.45, 2.75) is 19.4 Å². The number of hydrogen-bond donors (Lipinski definition) is 1. The van der Waals surface area contributed by atoms with Crippen LogP contribution in [0.15, 0.2) is 34.2 Å². The lowest BCUT2D eigenvalue weighted by atomic mass is 10.0. The van der Waals surface area contributed by atoms with Gasteiger partial charge in [-0.25, -0.2) is 4.98 Å². The minimum Gasteiger partial charge on any atom is -0.310 e. The van der Waals surface area contributed by atoms with Crippen molar-refractivity contribution >= 4 is 38.9 Å². The summed E-state index contributed by atoms with van der Waals surface area (Å²) in [4.78, 5) is 4.34. The third kappa shape index (κ3) is 3.54. The van der Waals surface area contributed by atoms with E-state index in [1.54, 1.807) is 11.3 Å². The Morgan fingerprint density at radius 1 is 1.50 bits per heavy atom. The highest BCUT2D eigenvalue weighted by Crippen LogP contribution is 2.27. The zero-order valence-electron chi connectivity index (χ0n) is 9.99. The van der Waals surface area contributed by atoms with Gasteiger partial charge in [-0.05, 0) is 40.2 Å². The summed E-state index contributed by atoms with van der Waals surface area (Å²) in [6.07, 6.45) is 2.74. The van der Waals surface area contributed by atoms with Crippen LogP contribution in [0.4, 0.5) is 0 Å². The van der Waals surface area contributed by atoms with Crippen LogP contribution in [0, 0.1) is 0 Å². The fourth-order valence-corrected chi connectivity index (χ4v) is 2.91. The molecule has 96 valence electrons. The number of aromatic nitrogens is 1. The normalized spacial score (nSPS) is 12.6. The first kappa shape index (κ1) is 14.0. The van der Waals surface area contributed by atoms with Gasteiger partial charge in [0.25, 0.3) is 0 Å². The lowest BCUT2D eigenvalue weighted by Gasteiger charge is -2.17. The zero-order valence-corrected chi connectivity index (χ0v) is 13.1. The van der Waals surface area contributed by atoms with Crippen LogP contribution in [0.2, 0.25) is 5.02 Å². The predicted octanol–water partition coefficient (Wildman–Crippen LogP) is 4.45. The summed E-state index contributed by atoms with van der Waals surface area (Å²) in [5.74, 6) is 0. The van der Waals surface area contributed by atoms with Crippen molar-refractivity contribution in [1.29, 1.82) is 0 Å². The summed E-state index contributed by atoms with van der Waals surface area (Å²) in [7, 11) is 0. The number of halogens is 2. The second-order valence-electron chi connectivity index (χ2n) is 3.91. The minimum absolute atomic E-state index is 0.256. The number of benzene rings is 1. The van der Waals surface area contributed by atoms with E-state index in [4.69, 9.17) is 11.6 Å². The van der Waals surface area contributed by atoms with Gasteiger partial charge in [-0.15, -0.1) is 11.3 Å². The zero-order chi connectivity index (χ0) is 13.0. The summed E-state index contributed by atoms with van der Waals surface area (Å²) in [5, 5.41) is 7.37. The van der Waals surface area contributed by atoms with Gasteiger partial charge in [0.15, 0.2) is 0 Å².